The molecular weight excluding hydrogens is 867 g/mol. The molecule has 338 valence electrons. The van der Waals surface area contributed by atoms with Crippen molar-refractivity contribution in [3.8, 4) is 39.6 Å². The molecule has 1 N–H and O–H groups in total. The molecule has 0 saturated carbocycles. The number of aromatic amines is 1. The van der Waals surface area contributed by atoms with Crippen LogP contribution in [0.3, 0.4) is 0 Å². The number of hydrogen-bond donors (Lipinski definition) is 1. The van der Waals surface area contributed by atoms with Gasteiger partial charge in [0.25, 0.3) is 0 Å². The molecule has 0 spiro atoms. The summed E-state index contributed by atoms with van der Waals surface area (Å²) >= 11 is 0. The third kappa shape index (κ3) is 7.45. The Morgan fingerprint density at radius 3 is 1.90 bits per heavy atom. The third-order valence-corrected chi connectivity index (χ3v) is 13.8. The van der Waals surface area contributed by atoms with Gasteiger partial charge in [-0.3, -0.25) is 0 Å². The van der Waals surface area contributed by atoms with Crippen LogP contribution in [0.15, 0.2) is 236 Å². The van der Waals surface area contributed by atoms with E-state index in [1.807, 2.05) is 30.3 Å². The molecule has 0 radical (unpaired) electrons. The number of aromatic nitrogens is 4. The highest BCUT2D eigenvalue weighted by atomic mass is 16.3. The Bertz CT molecular complexity index is 4020. The molecule has 0 saturated heterocycles. The maximum atomic E-state index is 6.63. The summed E-state index contributed by atoms with van der Waals surface area (Å²) in [5.41, 5.74) is 17.4. The summed E-state index contributed by atoms with van der Waals surface area (Å²) < 4.78 is 9.08. The monoisotopic (exact) mass is 913 g/mol. The number of H-pyrrole nitrogens is 1. The predicted octanol–water partition coefficient (Wildman–Crippen LogP) is 17.1. The van der Waals surface area contributed by atoms with E-state index in [0.717, 1.165) is 84.6 Å². The number of furan rings is 1. The normalized spacial score (nSPS) is 15.1. The van der Waals surface area contributed by atoms with Gasteiger partial charge in [0.05, 0.1) is 22.6 Å². The average molecular weight is 914 g/mol. The molecule has 0 bridgehead atoms. The summed E-state index contributed by atoms with van der Waals surface area (Å²) in [6, 6.07) is 67.7. The van der Waals surface area contributed by atoms with Gasteiger partial charge in [0.1, 0.15) is 11.2 Å². The lowest BCUT2D eigenvalue weighted by molar-refractivity contribution is 0.668. The number of para-hydroxylation sites is 4. The summed E-state index contributed by atoms with van der Waals surface area (Å²) in [6.45, 7) is 6.85. The molecule has 0 amide bonds. The second kappa shape index (κ2) is 17.4. The van der Waals surface area contributed by atoms with Crippen LogP contribution in [0.4, 0.5) is 11.4 Å². The summed E-state index contributed by atoms with van der Waals surface area (Å²) in [5.74, 6) is 1.06. The average Bonchev–Trinajstić information content (AvgIpc) is 4.10. The molecule has 8 aromatic carbocycles. The molecule has 1 aliphatic heterocycles. The molecule has 6 nitrogen and oxygen atoms in total. The van der Waals surface area contributed by atoms with Crippen molar-refractivity contribution in [1.82, 2.24) is 19.5 Å². The van der Waals surface area contributed by atoms with Crippen molar-refractivity contribution in [1.29, 1.82) is 0 Å². The van der Waals surface area contributed by atoms with Crippen molar-refractivity contribution in [2.24, 2.45) is 5.92 Å². The molecule has 4 aromatic heterocycles. The molecule has 1 atom stereocenters. The van der Waals surface area contributed by atoms with Crippen LogP contribution in [0.2, 0.25) is 0 Å². The van der Waals surface area contributed by atoms with Gasteiger partial charge in [0, 0.05) is 89.1 Å². The van der Waals surface area contributed by atoms with Crippen molar-refractivity contribution in [2.75, 3.05) is 4.90 Å². The minimum absolute atomic E-state index is 0.408. The Kier molecular flexibility index (Phi) is 10.2. The number of fused-ring (bicyclic) bond motifs is 11. The van der Waals surface area contributed by atoms with E-state index in [2.05, 4.69) is 228 Å². The zero-order valence-electron chi connectivity index (χ0n) is 39.1. The molecule has 71 heavy (non-hydrogen) atoms. The highest BCUT2D eigenvalue weighted by Crippen LogP contribution is 2.45. The number of anilines is 2. The van der Waals surface area contributed by atoms with Crippen LogP contribution in [0.1, 0.15) is 23.7 Å². The van der Waals surface area contributed by atoms with Gasteiger partial charge in [-0.05, 0) is 84.7 Å². The minimum atomic E-state index is 0.408. The molecule has 5 heterocycles. The van der Waals surface area contributed by atoms with Crippen molar-refractivity contribution in [3.63, 3.8) is 0 Å². The highest BCUT2D eigenvalue weighted by molar-refractivity contribution is 6.11. The van der Waals surface area contributed by atoms with E-state index in [1.165, 1.54) is 44.0 Å². The fourth-order valence-electron chi connectivity index (χ4n) is 10.5. The number of allylic oxidation sites excluding steroid dienone is 5. The Balaban J connectivity index is 0.000000325. The summed E-state index contributed by atoms with van der Waals surface area (Å²) in [7, 11) is 0. The lowest BCUT2D eigenvalue weighted by Crippen LogP contribution is -2.13. The third-order valence-electron chi connectivity index (χ3n) is 13.8. The van der Waals surface area contributed by atoms with E-state index >= 15 is 0 Å². The molecule has 1 aliphatic carbocycles. The van der Waals surface area contributed by atoms with E-state index in [0.29, 0.717) is 11.7 Å². The second-order valence-corrected chi connectivity index (χ2v) is 18.4. The van der Waals surface area contributed by atoms with Crippen LogP contribution in [0.5, 0.6) is 0 Å². The smallest absolute Gasteiger partial charge is 0.160 e. The van der Waals surface area contributed by atoms with Gasteiger partial charge < -0.3 is 18.9 Å². The predicted molar refractivity (Wildman–Crippen MR) is 296 cm³/mol. The van der Waals surface area contributed by atoms with E-state index in [9.17, 15) is 0 Å². The lowest BCUT2D eigenvalue weighted by Gasteiger charge is -2.27. The Morgan fingerprint density at radius 2 is 1.18 bits per heavy atom. The molecule has 6 heteroatoms. The highest BCUT2D eigenvalue weighted by Gasteiger charge is 2.25. The van der Waals surface area contributed by atoms with Gasteiger partial charge in [-0.1, -0.05) is 171 Å². The summed E-state index contributed by atoms with van der Waals surface area (Å²) in [4.78, 5) is 16.3. The van der Waals surface area contributed by atoms with Gasteiger partial charge in [0.15, 0.2) is 5.82 Å². The number of rotatable bonds is 5. The number of hydrogen-bond acceptors (Lipinski definition) is 4. The summed E-state index contributed by atoms with van der Waals surface area (Å²) in [6.07, 6.45) is 13.9. The summed E-state index contributed by atoms with van der Waals surface area (Å²) in [5, 5.41) is 6.00. The van der Waals surface area contributed by atoms with Crippen molar-refractivity contribution < 1.29 is 4.42 Å². The maximum absolute atomic E-state index is 6.63. The molecule has 2 aliphatic rings. The minimum Gasteiger partial charge on any atom is -0.455 e. The first kappa shape index (κ1) is 41.9. The van der Waals surface area contributed by atoms with Gasteiger partial charge in [-0.15, -0.1) is 0 Å². The van der Waals surface area contributed by atoms with E-state index in [-0.39, 0.29) is 0 Å². The zero-order chi connectivity index (χ0) is 47.4. The molecular formula is C65H47N5O. The van der Waals surface area contributed by atoms with E-state index in [1.54, 1.807) is 0 Å². The van der Waals surface area contributed by atoms with Crippen LogP contribution in [-0.2, 0) is 6.42 Å². The fourth-order valence-corrected chi connectivity index (χ4v) is 10.5. The van der Waals surface area contributed by atoms with Gasteiger partial charge in [-0.25, -0.2) is 9.97 Å². The van der Waals surface area contributed by atoms with Crippen LogP contribution < -0.4 is 4.90 Å². The first-order valence-electron chi connectivity index (χ1n) is 24.2. The molecule has 1 unspecified atom stereocenters. The molecule has 0 fully saturated rings. The largest absolute Gasteiger partial charge is 0.455 e. The number of nitrogens with one attached hydrogen (secondary N) is 1. The van der Waals surface area contributed by atoms with Crippen LogP contribution in [0.25, 0.3) is 106 Å². The maximum Gasteiger partial charge on any atom is 0.160 e. The van der Waals surface area contributed by atoms with Gasteiger partial charge in [0.2, 0.25) is 0 Å². The Morgan fingerprint density at radius 1 is 0.563 bits per heavy atom. The molecule has 12 aromatic rings. The van der Waals surface area contributed by atoms with E-state index in [4.69, 9.17) is 14.4 Å². The van der Waals surface area contributed by atoms with Gasteiger partial charge >= 0.3 is 0 Å². The first-order chi connectivity index (χ1) is 35.0. The zero-order valence-corrected chi connectivity index (χ0v) is 39.1. The lowest BCUT2D eigenvalue weighted by atomic mass is 9.94. The Hall–Kier alpha value is -9.26. The first-order valence-corrected chi connectivity index (χ1v) is 24.2. The van der Waals surface area contributed by atoms with Crippen molar-refractivity contribution in [2.45, 2.75) is 13.3 Å². The van der Waals surface area contributed by atoms with Crippen molar-refractivity contribution in [3.05, 3.63) is 248 Å². The number of nitrogens with zero attached hydrogens (tertiary/aromatic N) is 4. The van der Waals surface area contributed by atoms with Crippen molar-refractivity contribution >= 4 is 77.7 Å². The van der Waals surface area contributed by atoms with Crippen LogP contribution in [0, 0.1) is 5.92 Å². The number of benzene rings is 8. The topological polar surface area (TPSA) is 62.9 Å². The molecule has 14 rings (SSSR count). The van der Waals surface area contributed by atoms with Crippen LogP contribution in [-0.4, -0.2) is 19.5 Å². The quantitative estimate of drug-likeness (QED) is 0.187. The van der Waals surface area contributed by atoms with E-state index < -0.39 is 0 Å². The van der Waals surface area contributed by atoms with Gasteiger partial charge in [-0.2, -0.15) is 0 Å². The Labute approximate surface area is 411 Å². The SMILES string of the molecule is C=C1/C=C\C=C/N(c2cc(-c3nc(-c4ccccc4)cc(-c4ccccc4)n3)cc(-n3c4c(c5ccccc53)C=CC(C)C4)c2)c2ccc3c(oc4ccccc43)c21.c1ccc2c(c1)[nH]c1ccccc12. The fraction of sp³-hybridized carbons (Fsp3) is 0.0462. The van der Waals surface area contributed by atoms with Crippen LogP contribution >= 0.6 is 0 Å². The standard InChI is InChI=1S/C53H38N4O.C12H9N/c1-34-24-25-42-41-20-9-11-22-47(41)57(49(42)29-34)40-31-38(53-54-45(36-16-5-3-6-17-36)33-46(55-53)37-18-7-4-8-19-37)30-39(32-40)56-28-14-13-15-35(2)51-48(56)27-26-44-43-21-10-12-23-50(43)58-52(44)51;1-3-7-11-9(5-1)10-6-2-4-8-12(10)13-11/h3-28,30-34H,2,29H2,1H3;1-8,13H/b15-13-,28-14-;. The second-order valence-electron chi connectivity index (χ2n) is 18.4.